The molecule has 24 heavy (non-hydrogen) atoms. The summed E-state index contributed by atoms with van der Waals surface area (Å²) in [4.78, 5) is 29.0. The quantitative estimate of drug-likeness (QED) is 0.887. The van der Waals surface area contributed by atoms with Gasteiger partial charge in [0.2, 0.25) is 5.91 Å². The van der Waals surface area contributed by atoms with Crippen LogP contribution in [0.1, 0.15) is 32.6 Å². The monoisotopic (exact) mass is 349 g/mol. The number of anilines is 1. The number of hydrogen-bond acceptors (Lipinski definition) is 2. The molecule has 0 aliphatic carbocycles. The van der Waals surface area contributed by atoms with E-state index in [4.69, 9.17) is 11.6 Å². The van der Waals surface area contributed by atoms with Crippen LogP contribution >= 0.6 is 11.6 Å². The van der Waals surface area contributed by atoms with Crippen LogP contribution in [0.3, 0.4) is 0 Å². The molecule has 2 fully saturated rings. The van der Waals surface area contributed by atoms with Gasteiger partial charge in [-0.2, -0.15) is 0 Å². The number of likely N-dealkylation sites (tertiary alicyclic amines) is 2. The Morgan fingerprint density at radius 1 is 1.17 bits per heavy atom. The highest BCUT2D eigenvalue weighted by Gasteiger charge is 2.37. The molecule has 6 heteroatoms. The van der Waals surface area contributed by atoms with Crippen LogP contribution < -0.4 is 5.32 Å². The van der Waals surface area contributed by atoms with Gasteiger partial charge in [0, 0.05) is 30.3 Å². The minimum atomic E-state index is -0.336. The molecular formula is C18H24ClN3O2. The number of urea groups is 1. The normalized spacial score (nSPS) is 21.8. The van der Waals surface area contributed by atoms with E-state index >= 15 is 0 Å². The van der Waals surface area contributed by atoms with Crippen molar-refractivity contribution in [1.82, 2.24) is 9.80 Å². The van der Waals surface area contributed by atoms with Gasteiger partial charge in [-0.25, -0.2) is 4.79 Å². The Hall–Kier alpha value is -1.75. The molecule has 0 unspecified atom stereocenters. The molecule has 1 atom stereocenters. The van der Waals surface area contributed by atoms with E-state index in [2.05, 4.69) is 12.2 Å². The Balaban J connectivity index is 1.64. The number of nitrogens with one attached hydrogen (secondary N) is 1. The van der Waals surface area contributed by atoms with Crippen LogP contribution in [-0.4, -0.2) is 47.4 Å². The molecule has 1 aromatic rings. The molecular weight excluding hydrogens is 326 g/mol. The molecule has 2 aliphatic rings. The molecule has 1 N–H and O–H groups in total. The summed E-state index contributed by atoms with van der Waals surface area (Å²) in [6.07, 6.45) is 3.71. The minimum Gasteiger partial charge on any atom is -0.341 e. The van der Waals surface area contributed by atoms with Crippen LogP contribution in [0.25, 0.3) is 0 Å². The van der Waals surface area contributed by atoms with E-state index in [-0.39, 0.29) is 18.0 Å². The van der Waals surface area contributed by atoms with Crippen molar-refractivity contribution in [2.45, 2.75) is 38.6 Å². The molecule has 5 nitrogen and oxygen atoms in total. The fraction of sp³-hybridized carbons (Fsp3) is 0.556. The third-order valence-electron chi connectivity index (χ3n) is 4.97. The predicted octanol–water partition coefficient (Wildman–Crippen LogP) is 3.59. The minimum absolute atomic E-state index is 0.0978. The van der Waals surface area contributed by atoms with Crippen LogP contribution in [0.5, 0.6) is 0 Å². The zero-order valence-corrected chi connectivity index (χ0v) is 14.8. The predicted molar refractivity (Wildman–Crippen MR) is 95.2 cm³/mol. The lowest BCUT2D eigenvalue weighted by Gasteiger charge is -2.34. The summed E-state index contributed by atoms with van der Waals surface area (Å²) in [6.45, 7) is 4.45. The van der Waals surface area contributed by atoms with Gasteiger partial charge in [-0.3, -0.25) is 4.79 Å². The molecule has 0 saturated carbocycles. The second-order valence-electron chi connectivity index (χ2n) is 6.80. The van der Waals surface area contributed by atoms with Gasteiger partial charge >= 0.3 is 6.03 Å². The molecule has 0 spiro atoms. The number of piperidine rings is 1. The van der Waals surface area contributed by atoms with Crippen molar-refractivity contribution in [3.05, 3.63) is 29.3 Å². The van der Waals surface area contributed by atoms with E-state index in [1.165, 1.54) is 0 Å². The number of carbonyl (C=O) groups is 2. The standard InChI is InChI=1S/C18H24ClN3O2/c1-13-7-10-21(11-8-13)17(23)16-6-3-9-22(16)18(24)20-15-5-2-4-14(19)12-15/h2,4-5,12-13,16H,3,6-11H2,1H3,(H,20,24)/t16-/m0/s1. The zero-order chi connectivity index (χ0) is 17.1. The van der Waals surface area contributed by atoms with Crippen molar-refractivity contribution >= 4 is 29.2 Å². The lowest BCUT2D eigenvalue weighted by atomic mass is 9.98. The van der Waals surface area contributed by atoms with Gasteiger partial charge in [0.15, 0.2) is 0 Å². The van der Waals surface area contributed by atoms with Gasteiger partial charge in [-0.15, -0.1) is 0 Å². The maximum absolute atomic E-state index is 12.8. The van der Waals surface area contributed by atoms with Gasteiger partial charge in [0.25, 0.3) is 0 Å². The van der Waals surface area contributed by atoms with Gasteiger partial charge < -0.3 is 15.1 Å². The van der Waals surface area contributed by atoms with Crippen molar-refractivity contribution in [2.75, 3.05) is 25.0 Å². The van der Waals surface area contributed by atoms with Crippen LogP contribution in [0.2, 0.25) is 5.02 Å². The first-order valence-electron chi connectivity index (χ1n) is 8.66. The first kappa shape index (κ1) is 17.1. The maximum atomic E-state index is 12.8. The molecule has 1 aromatic carbocycles. The van der Waals surface area contributed by atoms with Gasteiger partial charge in [-0.05, 0) is 49.8 Å². The largest absolute Gasteiger partial charge is 0.341 e. The number of nitrogens with zero attached hydrogens (tertiary/aromatic N) is 2. The molecule has 3 rings (SSSR count). The van der Waals surface area contributed by atoms with E-state index < -0.39 is 0 Å². The van der Waals surface area contributed by atoms with Crippen LogP contribution in [0.4, 0.5) is 10.5 Å². The van der Waals surface area contributed by atoms with E-state index in [0.29, 0.717) is 23.2 Å². The second kappa shape index (κ2) is 7.43. The number of halogens is 1. The molecule has 2 aliphatic heterocycles. The highest BCUT2D eigenvalue weighted by atomic mass is 35.5. The molecule has 130 valence electrons. The number of rotatable bonds is 2. The number of amides is 3. The van der Waals surface area contributed by atoms with Crippen LogP contribution in [0.15, 0.2) is 24.3 Å². The lowest BCUT2D eigenvalue weighted by Crippen LogP contribution is -2.50. The van der Waals surface area contributed by atoms with Crippen molar-refractivity contribution in [1.29, 1.82) is 0 Å². The van der Waals surface area contributed by atoms with Gasteiger partial charge in [0.05, 0.1) is 0 Å². The number of benzene rings is 1. The first-order chi connectivity index (χ1) is 11.5. The Morgan fingerprint density at radius 2 is 1.92 bits per heavy atom. The zero-order valence-electron chi connectivity index (χ0n) is 14.0. The van der Waals surface area contributed by atoms with Crippen LogP contribution in [0, 0.1) is 5.92 Å². The maximum Gasteiger partial charge on any atom is 0.322 e. The van der Waals surface area contributed by atoms with E-state index in [9.17, 15) is 9.59 Å². The van der Waals surface area contributed by atoms with Crippen LogP contribution in [-0.2, 0) is 4.79 Å². The van der Waals surface area contributed by atoms with E-state index in [0.717, 1.165) is 38.8 Å². The Bertz CT molecular complexity index is 614. The van der Waals surface area contributed by atoms with Crippen molar-refractivity contribution in [3.63, 3.8) is 0 Å². The highest BCUT2D eigenvalue weighted by Crippen LogP contribution is 2.24. The topological polar surface area (TPSA) is 52.7 Å². The fourth-order valence-electron chi connectivity index (χ4n) is 3.47. The Morgan fingerprint density at radius 3 is 2.62 bits per heavy atom. The first-order valence-corrected chi connectivity index (χ1v) is 9.04. The third-order valence-corrected chi connectivity index (χ3v) is 5.21. The highest BCUT2D eigenvalue weighted by molar-refractivity contribution is 6.30. The molecule has 2 saturated heterocycles. The van der Waals surface area contributed by atoms with Crippen molar-refractivity contribution in [2.24, 2.45) is 5.92 Å². The van der Waals surface area contributed by atoms with E-state index in [1.807, 2.05) is 4.90 Å². The van der Waals surface area contributed by atoms with Gasteiger partial charge in [-0.1, -0.05) is 24.6 Å². The van der Waals surface area contributed by atoms with Crippen molar-refractivity contribution in [3.8, 4) is 0 Å². The third kappa shape index (κ3) is 3.83. The molecule has 0 radical (unpaired) electrons. The molecule has 0 bridgehead atoms. The van der Waals surface area contributed by atoms with Gasteiger partial charge in [0.1, 0.15) is 6.04 Å². The number of carbonyl (C=O) groups excluding carboxylic acids is 2. The van der Waals surface area contributed by atoms with Crippen molar-refractivity contribution < 1.29 is 9.59 Å². The summed E-state index contributed by atoms with van der Waals surface area (Å²) in [5, 5.41) is 3.42. The SMILES string of the molecule is CC1CCN(C(=O)[C@@H]2CCCN2C(=O)Nc2cccc(Cl)c2)CC1. The Labute approximate surface area is 147 Å². The fourth-order valence-corrected chi connectivity index (χ4v) is 3.66. The molecule has 0 aromatic heterocycles. The summed E-state index contributed by atoms with van der Waals surface area (Å²) >= 11 is 5.95. The number of hydrogen-bond donors (Lipinski definition) is 1. The summed E-state index contributed by atoms with van der Waals surface area (Å²) in [5.41, 5.74) is 0.650. The second-order valence-corrected chi connectivity index (χ2v) is 7.24. The Kier molecular flexibility index (Phi) is 5.29. The smallest absolute Gasteiger partial charge is 0.322 e. The molecule has 2 heterocycles. The summed E-state index contributed by atoms with van der Waals surface area (Å²) in [7, 11) is 0. The molecule has 3 amide bonds. The summed E-state index contributed by atoms with van der Waals surface area (Å²) in [5.74, 6) is 0.778. The summed E-state index contributed by atoms with van der Waals surface area (Å²) < 4.78 is 0. The van der Waals surface area contributed by atoms with E-state index in [1.54, 1.807) is 29.2 Å². The summed E-state index contributed by atoms with van der Waals surface area (Å²) in [6, 6.07) is 6.49. The lowest BCUT2D eigenvalue weighted by molar-refractivity contribution is -0.136. The average molecular weight is 350 g/mol. The average Bonchev–Trinajstić information content (AvgIpc) is 3.04.